The monoisotopic (exact) mass is 419 g/mol. The maximum absolute atomic E-state index is 13.0. The Labute approximate surface area is 174 Å². The number of fused-ring (bicyclic) bond motifs is 1. The van der Waals surface area contributed by atoms with Crippen LogP contribution in [0.25, 0.3) is 0 Å². The largest absolute Gasteiger partial charge is 0.352 e. The van der Waals surface area contributed by atoms with Gasteiger partial charge in [0.2, 0.25) is 15.9 Å². The third-order valence-electron chi connectivity index (χ3n) is 6.86. The summed E-state index contributed by atoms with van der Waals surface area (Å²) in [6, 6.07) is 5.88. The summed E-state index contributed by atoms with van der Waals surface area (Å²) in [5.74, 6) is 0.612. The van der Waals surface area contributed by atoms with E-state index in [0.29, 0.717) is 43.5 Å². The van der Waals surface area contributed by atoms with Crippen molar-refractivity contribution < 1.29 is 13.2 Å². The van der Waals surface area contributed by atoms with E-state index < -0.39 is 10.0 Å². The number of sulfonamides is 1. The van der Waals surface area contributed by atoms with Crippen LogP contribution in [0.2, 0.25) is 0 Å². The van der Waals surface area contributed by atoms with Crippen molar-refractivity contribution in [1.29, 1.82) is 0 Å². The summed E-state index contributed by atoms with van der Waals surface area (Å²) in [5.41, 5.74) is 2.46. The van der Waals surface area contributed by atoms with E-state index in [1.807, 2.05) is 12.1 Å². The molecule has 1 heterocycles. The molecule has 3 aliphatic rings. The summed E-state index contributed by atoms with van der Waals surface area (Å²) >= 11 is 0. The fourth-order valence-electron chi connectivity index (χ4n) is 4.97. The van der Waals surface area contributed by atoms with Crippen molar-refractivity contribution in [2.24, 2.45) is 5.92 Å². The zero-order valence-electron chi connectivity index (χ0n) is 17.4. The summed E-state index contributed by atoms with van der Waals surface area (Å²) in [6.07, 6.45) is 7.84. The van der Waals surface area contributed by atoms with Gasteiger partial charge in [-0.1, -0.05) is 25.8 Å². The van der Waals surface area contributed by atoms with E-state index in [0.717, 1.165) is 25.7 Å². The van der Waals surface area contributed by atoms with Gasteiger partial charge < -0.3 is 5.32 Å². The van der Waals surface area contributed by atoms with E-state index in [9.17, 15) is 13.2 Å². The van der Waals surface area contributed by atoms with E-state index in [2.05, 4.69) is 17.1 Å². The van der Waals surface area contributed by atoms with Crippen LogP contribution in [0.1, 0.15) is 50.2 Å². The topological polar surface area (TPSA) is 69.7 Å². The molecule has 0 spiro atoms. The minimum absolute atomic E-state index is 0.0682. The second kappa shape index (κ2) is 8.74. The zero-order chi connectivity index (χ0) is 20.4. The summed E-state index contributed by atoms with van der Waals surface area (Å²) in [5, 5.41) is 3.19. The van der Waals surface area contributed by atoms with Gasteiger partial charge in [0.05, 0.1) is 11.4 Å². The molecule has 1 aromatic carbocycles. The molecule has 1 saturated heterocycles. The van der Waals surface area contributed by atoms with Crippen molar-refractivity contribution in [1.82, 2.24) is 14.5 Å². The second-order valence-electron chi connectivity index (χ2n) is 8.90. The summed E-state index contributed by atoms with van der Waals surface area (Å²) in [4.78, 5) is 14.9. The fraction of sp³-hybridized carbons (Fsp3) is 0.682. The van der Waals surface area contributed by atoms with Gasteiger partial charge in [-0.3, -0.25) is 9.69 Å². The third kappa shape index (κ3) is 4.67. The van der Waals surface area contributed by atoms with E-state index in [-0.39, 0.29) is 11.9 Å². The lowest BCUT2D eigenvalue weighted by Gasteiger charge is -2.34. The quantitative estimate of drug-likeness (QED) is 0.794. The van der Waals surface area contributed by atoms with Gasteiger partial charge in [-0.05, 0) is 61.3 Å². The van der Waals surface area contributed by atoms with Crippen LogP contribution in [-0.2, 0) is 27.7 Å². The van der Waals surface area contributed by atoms with Crippen molar-refractivity contribution in [3.8, 4) is 0 Å². The van der Waals surface area contributed by atoms with Crippen molar-refractivity contribution in [3.63, 3.8) is 0 Å². The third-order valence-corrected chi connectivity index (χ3v) is 8.76. The molecular weight excluding hydrogens is 386 g/mol. The zero-order valence-corrected chi connectivity index (χ0v) is 18.2. The van der Waals surface area contributed by atoms with Crippen LogP contribution in [0.3, 0.4) is 0 Å². The van der Waals surface area contributed by atoms with E-state index >= 15 is 0 Å². The van der Waals surface area contributed by atoms with Gasteiger partial charge in [-0.2, -0.15) is 4.31 Å². The molecule has 160 valence electrons. The lowest BCUT2D eigenvalue weighted by Crippen LogP contribution is -2.52. The molecule has 1 aliphatic heterocycles. The highest BCUT2D eigenvalue weighted by Gasteiger charge is 2.30. The lowest BCUT2D eigenvalue weighted by molar-refractivity contribution is -0.123. The average Bonchev–Trinajstić information content (AvgIpc) is 3.18. The first-order valence-corrected chi connectivity index (χ1v) is 12.5. The first-order chi connectivity index (χ1) is 13.9. The number of carbonyl (C=O) groups is 1. The number of aryl methyl sites for hydroxylation is 2. The number of hydrogen-bond donors (Lipinski definition) is 1. The van der Waals surface area contributed by atoms with Crippen molar-refractivity contribution in [3.05, 3.63) is 29.3 Å². The molecule has 2 aliphatic carbocycles. The maximum Gasteiger partial charge on any atom is 0.243 e. The maximum atomic E-state index is 13.0. The van der Waals surface area contributed by atoms with Crippen LogP contribution in [0.15, 0.2) is 23.1 Å². The minimum Gasteiger partial charge on any atom is -0.352 e. The molecule has 29 heavy (non-hydrogen) atoms. The summed E-state index contributed by atoms with van der Waals surface area (Å²) < 4.78 is 27.7. The smallest absolute Gasteiger partial charge is 0.243 e. The first-order valence-electron chi connectivity index (χ1n) is 11.1. The molecule has 0 bridgehead atoms. The highest BCUT2D eigenvalue weighted by molar-refractivity contribution is 7.89. The summed E-state index contributed by atoms with van der Waals surface area (Å²) in [6.45, 7) is 4.64. The Hall–Kier alpha value is -1.44. The van der Waals surface area contributed by atoms with Crippen LogP contribution in [-0.4, -0.2) is 62.3 Å². The number of rotatable bonds is 5. The Morgan fingerprint density at radius 1 is 1.03 bits per heavy atom. The fourth-order valence-corrected chi connectivity index (χ4v) is 6.45. The number of amides is 1. The van der Waals surface area contributed by atoms with Crippen LogP contribution in [0.4, 0.5) is 0 Å². The van der Waals surface area contributed by atoms with Crippen molar-refractivity contribution >= 4 is 15.9 Å². The van der Waals surface area contributed by atoms with Gasteiger partial charge in [-0.15, -0.1) is 0 Å². The molecule has 6 nitrogen and oxygen atoms in total. The average molecular weight is 420 g/mol. The van der Waals surface area contributed by atoms with Crippen LogP contribution in [0, 0.1) is 5.92 Å². The molecule has 0 unspecified atom stereocenters. The van der Waals surface area contributed by atoms with E-state index in [1.165, 1.54) is 30.4 Å². The van der Waals surface area contributed by atoms with Gasteiger partial charge in [0.25, 0.3) is 0 Å². The van der Waals surface area contributed by atoms with Crippen LogP contribution in [0.5, 0.6) is 0 Å². The van der Waals surface area contributed by atoms with Gasteiger partial charge in [0, 0.05) is 32.2 Å². The Kier molecular flexibility index (Phi) is 6.27. The number of nitrogens with zero attached hydrogens (tertiary/aromatic N) is 2. The second-order valence-corrected chi connectivity index (χ2v) is 10.8. The van der Waals surface area contributed by atoms with Gasteiger partial charge in [-0.25, -0.2) is 8.42 Å². The SMILES string of the molecule is C[C@H]1CCCC[C@@H]1NC(=O)CN1CCN(S(=O)(=O)c2ccc3c(c2)CCC3)CC1. The van der Waals surface area contributed by atoms with E-state index in [4.69, 9.17) is 0 Å². The molecule has 4 rings (SSSR count). The van der Waals surface area contributed by atoms with Crippen molar-refractivity contribution in [2.75, 3.05) is 32.7 Å². The standard InChI is InChI=1S/C22H33N3O3S/c1-17-5-2-3-8-21(17)23-22(26)16-24-11-13-25(14-12-24)29(27,28)20-10-9-18-6-4-7-19(18)15-20/h9-10,15,17,21H,2-8,11-14,16H2,1H3,(H,23,26)/t17-,21-/m0/s1. The molecule has 2 atom stereocenters. The predicted octanol–water partition coefficient (Wildman–Crippen LogP) is 2.18. The Morgan fingerprint density at radius 2 is 1.76 bits per heavy atom. The predicted molar refractivity (Wildman–Crippen MR) is 113 cm³/mol. The Morgan fingerprint density at radius 3 is 2.52 bits per heavy atom. The highest BCUT2D eigenvalue weighted by atomic mass is 32.2. The van der Waals surface area contributed by atoms with Crippen LogP contribution < -0.4 is 5.32 Å². The molecule has 1 aromatic rings. The Balaban J connectivity index is 1.30. The molecule has 1 N–H and O–H groups in total. The summed E-state index contributed by atoms with van der Waals surface area (Å²) in [7, 11) is -3.46. The molecule has 1 amide bonds. The molecule has 0 aromatic heterocycles. The lowest BCUT2D eigenvalue weighted by atomic mass is 9.86. The van der Waals surface area contributed by atoms with Crippen molar-refractivity contribution in [2.45, 2.75) is 62.8 Å². The molecule has 0 radical (unpaired) electrons. The number of piperazine rings is 1. The van der Waals surface area contributed by atoms with Gasteiger partial charge >= 0.3 is 0 Å². The normalized spacial score (nSPS) is 26.2. The number of nitrogens with one attached hydrogen (secondary N) is 1. The molecule has 7 heteroatoms. The van der Waals surface area contributed by atoms with Gasteiger partial charge in [0.1, 0.15) is 0 Å². The number of benzene rings is 1. The molecule has 2 fully saturated rings. The Bertz CT molecular complexity index is 847. The number of hydrogen-bond acceptors (Lipinski definition) is 4. The molecule has 1 saturated carbocycles. The van der Waals surface area contributed by atoms with Gasteiger partial charge in [0.15, 0.2) is 0 Å². The first kappa shape index (κ1) is 20.8. The molecular formula is C22H33N3O3S. The van der Waals surface area contributed by atoms with E-state index in [1.54, 1.807) is 10.4 Å². The highest BCUT2D eigenvalue weighted by Crippen LogP contribution is 2.27. The number of carbonyl (C=O) groups excluding carboxylic acids is 1. The van der Waals surface area contributed by atoms with Crippen LogP contribution >= 0.6 is 0 Å². The minimum atomic E-state index is -3.46.